The fourth-order valence-corrected chi connectivity index (χ4v) is 3.66. The van der Waals surface area contributed by atoms with Gasteiger partial charge in [0.25, 0.3) is 5.91 Å². The smallest absolute Gasteiger partial charge is 0.256 e. The Morgan fingerprint density at radius 2 is 1.88 bits per heavy atom. The van der Waals surface area contributed by atoms with Crippen molar-refractivity contribution in [2.75, 3.05) is 5.32 Å². The predicted molar refractivity (Wildman–Crippen MR) is 103 cm³/mol. The maximum atomic E-state index is 12.6. The van der Waals surface area contributed by atoms with Gasteiger partial charge < -0.3 is 9.88 Å². The Hall–Kier alpha value is -2.40. The summed E-state index contributed by atoms with van der Waals surface area (Å²) in [7, 11) is 0. The first-order valence-electron chi connectivity index (χ1n) is 8.44. The van der Waals surface area contributed by atoms with E-state index >= 15 is 0 Å². The molecule has 1 aliphatic heterocycles. The lowest BCUT2D eigenvalue weighted by Gasteiger charge is -2.11. The number of para-hydroxylation sites is 1. The Kier molecular flexibility index (Phi) is 4.40. The van der Waals surface area contributed by atoms with Crippen molar-refractivity contribution in [2.45, 2.75) is 25.8 Å². The summed E-state index contributed by atoms with van der Waals surface area (Å²) in [6.45, 7) is 1.02. The third-order valence-corrected chi connectivity index (χ3v) is 5.17. The highest BCUT2D eigenvalue weighted by Gasteiger charge is 2.17. The van der Waals surface area contributed by atoms with Crippen molar-refractivity contribution >= 4 is 27.5 Å². The molecule has 25 heavy (non-hydrogen) atoms. The topological polar surface area (TPSA) is 46.9 Å². The SMILES string of the molecule is O=C(Nc1ccccc1-c1cn2c(n1)CCCC2)c1ccccc1Br. The summed E-state index contributed by atoms with van der Waals surface area (Å²) in [5.41, 5.74) is 3.25. The van der Waals surface area contributed by atoms with Crippen LogP contribution in [0.2, 0.25) is 0 Å². The van der Waals surface area contributed by atoms with E-state index in [-0.39, 0.29) is 5.91 Å². The second-order valence-corrected chi connectivity index (χ2v) is 7.03. The molecule has 0 aliphatic carbocycles. The number of imidazole rings is 1. The number of hydrogen-bond donors (Lipinski definition) is 1. The fourth-order valence-electron chi connectivity index (χ4n) is 3.19. The lowest BCUT2D eigenvalue weighted by molar-refractivity contribution is 0.102. The van der Waals surface area contributed by atoms with Gasteiger partial charge in [0.05, 0.1) is 16.9 Å². The number of rotatable bonds is 3. The monoisotopic (exact) mass is 395 g/mol. The minimum absolute atomic E-state index is 0.135. The van der Waals surface area contributed by atoms with Gasteiger partial charge in [0.15, 0.2) is 0 Å². The summed E-state index contributed by atoms with van der Waals surface area (Å²) >= 11 is 3.44. The van der Waals surface area contributed by atoms with Crippen molar-refractivity contribution < 1.29 is 4.79 Å². The standard InChI is InChI=1S/C20H18BrN3O/c21-16-9-3-1-7-14(16)20(25)23-17-10-4-2-8-15(17)18-13-24-12-6-5-11-19(24)22-18/h1-4,7-10,13H,5-6,11-12H2,(H,23,25). The van der Waals surface area contributed by atoms with Gasteiger partial charge in [-0.1, -0.05) is 30.3 Å². The third kappa shape index (κ3) is 3.24. The molecular weight excluding hydrogens is 378 g/mol. The Morgan fingerprint density at radius 1 is 1.08 bits per heavy atom. The maximum absolute atomic E-state index is 12.6. The molecule has 1 amide bonds. The second kappa shape index (κ2) is 6.84. The molecule has 0 fully saturated rings. The van der Waals surface area contributed by atoms with E-state index in [1.165, 1.54) is 12.8 Å². The van der Waals surface area contributed by atoms with Crippen LogP contribution in [-0.4, -0.2) is 15.5 Å². The van der Waals surface area contributed by atoms with Gasteiger partial charge in [0.2, 0.25) is 0 Å². The number of nitrogens with zero attached hydrogens (tertiary/aromatic N) is 2. The zero-order valence-corrected chi connectivity index (χ0v) is 15.3. The van der Waals surface area contributed by atoms with E-state index in [1.807, 2.05) is 42.5 Å². The van der Waals surface area contributed by atoms with Gasteiger partial charge in [-0.25, -0.2) is 4.98 Å². The third-order valence-electron chi connectivity index (χ3n) is 4.48. The van der Waals surface area contributed by atoms with Crippen LogP contribution in [0, 0.1) is 0 Å². The van der Waals surface area contributed by atoms with Gasteiger partial charge >= 0.3 is 0 Å². The number of benzene rings is 2. The first-order chi connectivity index (χ1) is 12.2. The van der Waals surface area contributed by atoms with E-state index in [2.05, 4.69) is 32.0 Å². The molecule has 2 aromatic carbocycles. The zero-order chi connectivity index (χ0) is 17.2. The van der Waals surface area contributed by atoms with Crippen LogP contribution in [0.5, 0.6) is 0 Å². The second-order valence-electron chi connectivity index (χ2n) is 6.17. The summed E-state index contributed by atoms with van der Waals surface area (Å²) in [4.78, 5) is 17.4. The molecule has 1 aliphatic rings. The van der Waals surface area contributed by atoms with Crippen molar-refractivity contribution in [3.05, 3.63) is 70.6 Å². The molecule has 1 aromatic heterocycles. The largest absolute Gasteiger partial charge is 0.334 e. The van der Waals surface area contributed by atoms with Crippen LogP contribution in [0.15, 0.2) is 59.2 Å². The van der Waals surface area contributed by atoms with E-state index in [1.54, 1.807) is 6.07 Å². The number of hydrogen-bond acceptors (Lipinski definition) is 2. The van der Waals surface area contributed by atoms with E-state index in [0.717, 1.165) is 40.2 Å². The number of fused-ring (bicyclic) bond motifs is 1. The highest BCUT2D eigenvalue weighted by Crippen LogP contribution is 2.29. The average molecular weight is 396 g/mol. The van der Waals surface area contributed by atoms with Gasteiger partial charge in [-0.3, -0.25) is 4.79 Å². The molecular formula is C20H18BrN3O. The number of halogens is 1. The Morgan fingerprint density at radius 3 is 2.72 bits per heavy atom. The number of aromatic nitrogens is 2. The molecule has 0 atom stereocenters. The van der Waals surface area contributed by atoms with Gasteiger partial charge in [-0.15, -0.1) is 0 Å². The molecule has 0 bridgehead atoms. The number of aryl methyl sites for hydroxylation is 2. The molecule has 1 N–H and O–H groups in total. The van der Waals surface area contributed by atoms with Gasteiger partial charge in [0, 0.05) is 29.2 Å². The van der Waals surface area contributed by atoms with Gasteiger partial charge in [-0.05, 0) is 47.0 Å². The van der Waals surface area contributed by atoms with Crippen LogP contribution >= 0.6 is 15.9 Å². The maximum Gasteiger partial charge on any atom is 0.256 e. The fraction of sp³-hybridized carbons (Fsp3) is 0.200. The van der Waals surface area contributed by atoms with Crippen LogP contribution in [0.1, 0.15) is 29.0 Å². The molecule has 3 aromatic rings. The molecule has 0 saturated carbocycles. The lowest BCUT2D eigenvalue weighted by atomic mass is 10.1. The first-order valence-corrected chi connectivity index (χ1v) is 9.23. The quantitative estimate of drug-likeness (QED) is 0.685. The summed E-state index contributed by atoms with van der Waals surface area (Å²) in [5, 5.41) is 3.03. The van der Waals surface area contributed by atoms with Crippen LogP contribution in [-0.2, 0) is 13.0 Å². The average Bonchev–Trinajstić information content (AvgIpc) is 3.06. The lowest BCUT2D eigenvalue weighted by Crippen LogP contribution is -2.13. The number of carbonyl (C=O) groups is 1. The number of nitrogens with one attached hydrogen (secondary N) is 1. The highest BCUT2D eigenvalue weighted by atomic mass is 79.9. The van der Waals surface area contributed by atoms with Crippen molar-refractivity contribution in [3.63, 3.8) is 0 Å². The molecule has 0 radical (unpaired) electrons. The van der Waals surface area contributed by atoms with E-state index in [9.17, 15) is 4.79 Å². The number of carbonyl (C=O) groups excluding carboxylic acids is 1. The van der Waals surface area contributed by atoms with E-state index in [4.69, 9.17) is 4.98 Å². The highest BCUT2D eigenvalue weighted by molar-refractivity contribution is 9.10. The molecule has 0 spiro atoms. The number of anilines is 1. The minimum Gasteiger partial charge on any atom is -0.334 e. The number of amides is 1. The van der Waals surface area contributed by atoms with Crippen molar-refractivity contribution in [2.24, 2.45) is 0 Å². The Bertz CT molecular complexity index is 909. The molecule has 2 heterocycles. The predicted octanol–water partition coefficient (Wildman–Crippen LogP) is 4.90. The minimum atomic E-state index is -0.135. The Labute approximate surface area is 155 Å². The molecule has 0 unspecified atom stereocenters. The molecule has 4 nitrogen and oxygen atoms in total. The molecule has 0 saturated heterocycles. The summed E-state index contributed by atoms with van der Waals surface area (Å²) in [6, 6.07) is 15.2. The summed E-state index contributed by atoms with van der Waals surface area (Å²) in [6.07, 6.45) is 5.50. The first kappa shape index (κ1) is 16.1. The van der Waals surface area contributed by atoms with Crippen LogP contribution < -0.4 is 5.32 Å². The summed E-state index contributed by atoms with van der Waals surface area (Å²) in [5.74, 6) is 0.997. The van der Waals surface area contributed by atoms with Gasteiger partial charge in [0.1, 0.15) is 5.82 Å². The zero-order valence-electron chi connectivity index (χ0n) is 13.7. The van der Waals surface area contributed by atoms with E-state index in [0.29, 0.717) is 5.56 Å². The summed E-state index contributed by atoms with van der Waals surface area (Å²) < 4.78 is 3.01. The van der Waals surface area contributed by atoms with Crippen molar-refractivity contribution in [3.8, 4) is 11.3 Å². The van der Waals surface area contributed by atoms with Crippen molar-refractivity contribution in [1.82, 2.24) is 9.55 Å². The van der Waals surface area contributed by atoms with Crippen LogP contribution in [0.3, 0.4) is 0 Å². The van der Waals surface area contributed by atoms with Crippen molar-refractivity contribution in [1.29, 1.82) is 0 Å². The normalized spacial score (nSPS) is 13.3. The van der Waals surface area contributed by atoms with E-state index < -0.39 is 0 Å². The van der Waals surface area contributed by atoms with Crippen LogP contribution in [0.4, 0.5) is 5.69 Å². The van der Waals surface area contributed by atoms with Gasteiger partial charge in [-0.2, -0.15) is 0 Å². The van der Waals surface area contributed by atoms with Crippen LogP contribution in [0.25, 0.3) is 11.3 Å². The molecule has 126 valence electrons. The molecule has 4 rings (SSSR count). The Balaban J connectivity index is 1.67. The molecule has 5 heteroatoms.